The van der Waals surface area contributed by atoms with Gasteiger partial charge in [0.05, 0.1) is 0 Å². The van der Waals surface area contributed by atoms with Crippen LogP contribution in [-0.4, -0.2) is 0 Å². The van der Waals surface area contributed by atoms with E-state index in [2.05, 4.69) is 85.9 Å². The second kappa shape index (κ2) is 6.48. The van der Waals surface area contributed by atoms with Crippen LogP contribution in [0.2, 0.25) is 0 Å². The molecule has 110 valence electrons. The summed E-state index contributed by atoms with van der Waals surface area (Å²) in [7, 11) is 0. The molecule has 0 amide bonds. The molecule has 0 aliphatic heterocycles. The second-order valence-corrected chi connectivity index (χ2v) is 5.66. The van der Waals surface area contributed by atoms with Crippen molar-refractivity contribution in [3.05, 3.63) is 89.5 Å². The lowest BCUT2D eigenvalue weighted by Gasteiger charge is -2.12. The fourth-order valence-electron chi connectivity index (χ4n) is 2.59. The highest BCUT2D eigenvalue weighted by Crippen LogP contribution is 2.21. The smallest absolute Gasteiger partial charge is 0.0400 e. The molecule has 0 radical (unpaired) electrons. The topological polar surface area (TPSA) is 12.0 Å². The van der Waals surface area contributed by atoms with Gasteiger partial charge >= 0.3 is 0 Å². The van der Waals surface area contributed by atoms with Crippen molar-refractivity contribution in [1.82, 2.24) is 0 Å². The maximum absolute atomic E-state index is 3.53. The van der Waals surface area contributed by atoms with Gasteiger partial charge in [-0.3, -0.25) is 0 Å². The molecule has 1 heteroatoms. The van der Waals surface area contributed by atoms with Gasteiger partial charge < -0.3 is 5.32 Å². The van der Waals surface area contributed by atoms with Crippen LogP contribution in [0.25, 0.3) is 11.1 Å². The van der Waals surface area contributed by atoms with E-state index in [1.165, 1.54) is 33.5 Å². The lowest BCUT2D eigenvalue weighted by molar-refractivity contribution is 1.13. The Hall–Kier alpha value is -2.54. The molecule has 0 atom stereocenters. The van der Waals surface area contributed by atoms with Crippen molar-refractivity contribution in [1.29, 1.82) is 0 Å². The van der Waals surface area contributed by atoms with Crippen LogP contribution in [0.1, 0.15) is 16.7 Å². The Kier molecular flexibility index (Phi) is 4.24. The van der Waals surface area contributed by atoms with Gasteiger partial charge in [-0.15, -0.1) is 0 Å². The van der Waals surface area contributed by atoms with Crippen molar-refractivity contribution in [2.75, 3.05) is 5.32 Å². The standard InChI is InChI=1S/C21H21N/c1-16-7-6-10-21(17(16)2)22-15-18-11-13-20(14-12-18)19-8-4-3-5-9-19/h3-14,22H,15H2,1-2H3. The first kappa shape index (κ1) is 14.4. The first-order chi connectivity index (χ1) is 10.7. The molecule has 1 nitrogen and oxygen atoms in total. The number of anilines is 1. The fourth-order valence-corrected chi connectivity index (χ4v) is 2.59. The molecule has 0 unspecified atom stereocenters. The molecule has 3 aromatic carbocycles. The SMILES string of the molecule is Cc1cccc(NCc2ccc(-c3ccccc3)cc2)c1C. The van der Waals surface area contributed by atoms with Crippen molar-refractivity contribution in [3.8, 4) is 11.1 Å². The Morgan fingerprint density at radius 3 is 2.09 bits per heavy atom. The minimum atomic E-state index is 0.847. The maximum Gasteiger partial charge on any atom is 0.0400 e. The van der Waals surface area contributed by atoms with E-state index in [1.54, 1.807) is 0 Å². The zero-order valence-electron chi connectivity index (χ0n) is 13.1. The van der Waals surface area contributed by atoms with Gasteiger partial charge in [-0.2, -0.15) is 0 Å². The molecule has 22 heavy (non-hydrogen) atoms. The Balaban J connectivity index is 1.70. The average Bonchev–Trinajstić information content (AvgIpc) is 2.57. The third-order valence-corrected chi connectivity index (χ3v) is 4.15. The summed E-state index contributed by atoms with van der Waals surface area (Å²) in [5.74, 6) is 0. The van der Waals surface area contributed by atoms with Gasteiger partial charge in [0.25, 0.3) is 0 Å². The Morgan fingerprint density at radius 1 is 0.682 bits per heavy atom. The van der Waals surface area contributed by atoms with Gasteiger partial charge in [-0.05, 0) is 47.7 Å². The van der Waals surface area contributed by atoms with Gasteiger partial charge in [0, 0.05) is 12.2 Å². The van der Waals surface area contributed by atoms with E-state index in [4.69, 9.17) is 0 Å². The summed E-state index contributed by atoms with van der Waals surface area (Å²) in [6.07, 6.45) is 0. The zero-order valence-corrected chi connectivity index (χ0v) is 13.1. The van der Waals surface area contributed by atoms with Crippen LogP contribution in [0.3, 0.4) is 0 Å². The number of hydrogen-bond donors (Lipinski definition) is 1. The summed E-state index contributed by atoms with van der Waals surface area (Å²) in [5, 5.41) is 3.53. The highest BCUT2D eigenvalue weighted by molar-refractivity contribution is 5.63. The maximum atomic E-state index is 3.53. The summed E-state index contributed by atoms with van der Waals surface area (Å²) < 4.78 is 0. The molecular formula is C21H21N. The number of rotatable bonds is 4. The predicted molar refractivity (Wildman–Crippen MR) is 95.1 cm³/mol. The summed E-state index contributed by atoms with van der Waals surface area (Å²) in [6, 6.07) is 25.6. The van der Waals surface area contributed by atoms with Crippen molar-refractivity contribution in [3.63, 3.8) is 0 Å². The van der Waals surface area contributed by atoms with Crippen LogP contribution in [0.5, 0.6) is 0 Å². The molecule has 0 fully saturated rings. The minimum Gasteiger partial charge on any atom is -0.381 e. The van der Waals surface area contributed by atoms with E-state index in [9.17, 15) is 0 Å². The first-order valence-electron chi connectivity index (χ1n) is 7.68. The minimum absolute atomic E-state index is 0.847. The molecule has 0 saturated heterocycles. The highest BCUT2D eigenvalue weighted by atomic mass is 14.9. The summed E-state index contributed by atoms with van der Waals surface area (Å²) in [5.41, 5.74) is 7.67. The summed E-state index contributed by atoms with van der Waals surface area (Å²) in [6.45, 7) is 5.16. The number of hydrogen-bond acceptors (Lipinski definition) is 1. The molecule has 0 heterocycles. The number of aryl methyl sites for hydroxylation is 1. The predicted octanol–water partition coefficient (Wildman–Crippen LogP) is 5.58. The molecule has 0 bridgehead atoms. The molecule has 3 aromatic rings. The normalized spacial score (nSPS) is 10.5. The Bertz CT molecular complexity index is 743. The van der Waals surface area contributed by atoms with Crippen LogP contribution < -0.4 is 5.32 Å². The van der Waals surface area contributed by atoms with Crippen LogP contribution in [0, 0.1) is 13.8 Å². The average molecular weight is 287 g/mol. The van der Waals surface area contributed by atoms with Crippen molar-refractivity contribution >= 4 is 5.69 Å². The molecule has 0 saturated carbocycles. The van der Waals surface area contributed by atoms with E-state index < -0.39 is 0 Å². The van der Waals surface area contributed by atoms with Gasteiger partial charge in [0.2, 0.25) is 0 Å². The molecular weight excluding hydrogens is 266 g/mol. The lowest BCUT2D eigenvalue weighted by Crippen LogP contribution is -2.01. The van der Waals surface area contributed by atoms with Gasteiger partial charge in [0.1, 0.15) is 0 Å². The molecule has 0 aliphatic rings. The molecule has 1 N–H and O–H groups in total. The quantitative estimate of drug-likeness (QED) is 0.660. The van der Waals surface area contributed by atoms with E-state index in [0.717, 1.165) is 6.54 Å². The summed E-state index contributed by atoms with van der Waals surface area (Å²) in [4.78, 5) is 0. The lowest BCUT2D eigenvalue weighted by atomic mass is 10.0. The Labute approximate surface area is 132 Å². The van der Waals surface area contributed by atoms with Crippen molar-refractivity contribution in [2.24, 2.45) is 0 Å². The number of benzene rings is 3. The third kappa shape index (κ3) is 3.20. The van der Waals surface area contributed by atoms with Crippen molar-refractivity contribution in [2.45, 2.75) is 20.4 Å². The Morgan fingerprint density at radius 2 is 1.36 bits per heavy atom. The largest absolute Gasteiger partial charge is 0.381 e. The van der Waals surface area contributed by atoms with Crippen molar-refractivity contribution < 1.29 is 0 Å². The van der Waals surface area contributed by atoms with Crippen LogP contribution in [0.15, 0.2) is 72.8 Å². The third-order valence-electron chi connectivity index (χ3n) is 4.15. The van der Waals surface area contributed by atoms with Gasteiger partial charge in [-0.25, -0.2) is 0 Å². The molecule has 0 aromatic heterocycles. The van der Waals surface area contributed by atoms with Crippen LogP contribution >= 0.6 is 0 Å². The summed E-state index contributed by atoms with van der Waals surface area (Å²) >= 11 is 0. The van der Waals surface area contributed by atoms with Gasteiger partial charge in [0.15, 0.2) is 0 Å². The van der Waals surface area contributed by atoms with Crippen LogP contribution in [-0.2, 0) is 6.54 Å². The zero-order chi connectivity index (χ0) is 15.4. The van der Waals surface area contributed by atoms with E-state index in [0.29, 0.717) is 0 Å². The number of nitrogens with one attached hydrogen (secondary N) is 1. The monoisotopic (exact) mass is 287 g/mol. The fraction of sp³-hybridized carbons (Fsp3) is 0.143. The first-order valence-corrected chi connectivity index (χ1v) is 7.68. The van der Waals surface area contributed by atoms with E-state index in [-0.39, 0.29) is 0 Å². The van der Waals surface area contributed by atoms with Gasteiger partial charge in [-0.1, -0.05) is 66.7 Å². The molecule has 3 rings (SSSR count). The molecule has 0 spiro atoms. The van der Waals surface area contributed by atoms with Crippen LogP contribution in [0.4, 0.5) is 5.69 Å². The van der Waals surface area contributed by atoms with E-state index >= 15 is 0 Å². The second-order valence-electron chi connectivity index (χ2n) is 5.66. The highest BCUT2D eigenvalue weighted by Gasteiger charge is 2.01. The van der Waals surface area contributed by atoms with E-state index in [1.807, 2.05) is 6.07 Å². The molecule has 0 aliphatic carbocycles.